The largest absolute Gasteiger partial charge is 0.343 e. The summed E-state index contributed by atoms with van der Waals surface area (Å²) in [5.74, 6) is -0.570. The van der Waals surface area contributed by atoms with Crippen molar-refractivity contribution >= 4 is 23.4 Å². The Balaban J connectivity index is 1.50. The highest BCUT2D eigenvalue weighted by Crippen LogP contribution is 2.14. The van der Waals surface area contributed by atoms with E-state index in [-0.39, 0.29) is 18.4 Å². The van der Waals surface area contributed by atoms with Crippen molar-refractivity contribution in [2.24, 2.45) is 0 Å². The third-order valence-corrected chi connectivity index (χ3v) is 4.57. The molecule has 0 radical (unpaired) electrons. The third-order valence-electron chi connectivity index (χ3n) is 4.24. The maximum atomic E-state index is 12.3. The Labute approximate surface area is 168 Å². The zero-order chi connectivity index (χ0) is 19.9. The second kappa shape index (κ2) is 9.19. The molecule has 1 N–H and O–H groups in total. The Morgan fingerprint density at radius 1 is 1.07 bits per heavy atom. The van der Waals surface area contributed by atoms with E-state index in [1.165, 1.54) is 0 Å². The van der Waals surface area contributed by atoms with Crippen LogP contribution in [0.2, 0.25) is 5.02 Å². The fourth-order valence-corrected chi connectivity index (χ4v) is 2.96. The van der Waals surface area contributed by atoms with Crippen LogP contribution in [0.4, 0.5) is 0 Å². The molecule has 7 heteroatoms. The van der Waals surface area contributed by atoms with E-state index in [2.05, 4.69) is 10.4 Å². The van der Waals surface area contributed by atoms with Gasteiger partial charge in [-0.15, -0.1) is 0 Å². The Hall–Kier alpha value is -3.12. The highest BCUT2D eigenvalue weighted by atomic mass is 35.5. The second-order valence-electron chi connectivity index (χ2n) is 6.44. The fourth-order valence-electron chi connectivity index (χ4n) is 2.74. The summed E-state index contributed by atoms with van der Waals surface area (Å²) in [6.07, 6.45) is 3.66. The lowest BCUT2D eigenvalue weighted by molar-refractivity contribution is -0.129. The minimum absolute atomic E-state index is 0.0985. The summed E-state index contributed by atoms with van der Waals surface area (Å²) >= 11 is 6.00. The highest BCUT2D eigenvalue weighted by molar-refractivity contribution is 6.33. The lowest BCUT2D eigenvalue weighted by Gasteiger charge is -2.16. The van der Waals surface area contributed by atoms with Crippen molar-refractivity contribution in [2.45, 2.75) is 13.1 Å². The number of carbonyl (C=O) groups excluding carboxylic acids is 2. The molecule has 144 valence electrons. The van der Waals surface area contributed by atoms with Gasteiger partial charge >= 0.3 is 0 Å². The van der Waals surface area contributed by atoms with Crippen LogP contribution in [0, 0.1) is 0 Å². The molecule has 0 spiro atoms. The predicted molar refractivity (Wildman–Crippen MR) is 108 cm³/mol. The summed E-state index contributed by atoms with van der Waals surface area (Å²) in [4.78, 5) is 26.0. The van der Waals surface area contributed by atoms with Crippen LogP contribution in [0.5, 0.6) is 0 Å². The molecule has 0 bridgehead atoms. The zero-order valence-corrected chi connectivity index (χ0v) is 16.3. The van der Waals surface area contributed by atoms with Crippen LogP contribution in [0.1, 0.15) is 21.5 Å². The summed E-state index contributed by atoms with van der Waals surface area (Å²) < 4.78 is 1.84. The van der Waals surface area contributed by atoms with Gasteiger partial charge in [0.25, 0.3) is 5.91 Å². The van der Waals surface area contributed by atoms with E-state index in [1.807, 2.05) is 41.2 Å². The van der Waals surface area contributed by atoms with Crippen LogP contribution in [0.25, 0.3) is 0 Å². The van der Waals surface area contributed by atoms with Gasteiger partial charge in [-0.1, -0.05) is 54.1 Å². The molecule has 0 fully saturated rings. The van der Waals surface area contributed by atoms with Crippen molar-refractivity contribution in [3.8, 4) is 0 Å². The average Bonchev–Trinajstić information content (AvgIpc) is 3.13. The van der Waals surface area contributed by atoms with Crippen LogP contribution in [-0.2, 0) is 17.9 Å². The number of hydrogen-bond donors (Lipinski definition) is 1. The molecule has 0 aliphatic heterocycles. The summed E-state index contributed by atoms with van der Waals surface area (Å²) in [5, 5.41) is 7.30. The first-order chi connectivity index (χ1) is 13.5. The van der Waals surface area contributed by atoms with Crippen molar-refractivity contribution in [3.05, 3.63) is 88.7 Å². The zero-order valence-electron chi connectivity index (χ0n) is 15.5. The number of nitrogens with one attached hydrogen (secondary N) is 1. The van der Waals surface area contributed by atoms with Crippen LogP contribution in [0.15, 0.2) is 67.0 Å². The number of benzene rings is 2. The summed E-state index contributed by atoms with van der Waals surface area (Å²) in [5.41, 5.74) is 2.43. The Morgan fingerprint density at radius 3 is 2.54 bits per heavy atom. The molecule has 0 aliphatic rings. The third kappa shape index (κ3) is 5.20. The Bertz CT molecular complexity index is 956. The molecule has 0 aliphatic carbocycles. The number of aromatic nitrogens is 2. The van der Waals surface area contributed by atoms with Crippen LogP contribution in [-0.4, -0.2) is 40.1 Å². The van der Waals surface area contributed by atoms with E-state index in [0.717, 1.165) is 11.1 Å². The molecule has 2 amide bonds. The molecule has 0 saturated carbocycles. The van der Waals surface area contributed by atoms with Gasteiger partial charge in [0.15, 0.2) is 0 Å². The van der Waals surface area contributed by atoms with Crippen molar-refractivity contribution in [2.75, 3.05) is 13.6 Å². The number of nitrogens with zero attached hydrogens (tertiary/aromatic N) is 3. The summed E-state index contributed by atoms with van der Waals surface area (Å²) in [7, 11) is 1.69. The van der Waals surface area contributed by atoms with E-state index in [0.29, 0.717) is 23.7 Å². The molecule has 6 nitrogen and oxygen atoms in total. The number of hydrogen-bond acceptors (Lipinski definition) is 3. The number of likely N-dealkylation sites (N-methyl/N-ethyl adjacent to an activating group) is 1. The minimum atomic E-state index is -0.372. The highest BCUT2D eigenvalue weighted by Gasteiger charge is 2.14. The van der Waals surface area contributed by atoms with Crippen molar-refractivity contribution in [1.82, 2.24) is 20.0 Å². The van der Waals surface area contributed by atoms with E-state index < -0.39 is 0 Å². The monoisotopic (exact) mass is 396 g/mol. The Kier molecular flexibility index (Phi) is 6.45. The van der Waals surface area contributed by atoms with Gasteiger partial charge in [-0.3, -0.25) is 14.3 Å². The SMILES string of the molecule is CN(Cc1cnn(Cc2ccccc2)c1)C(=O)CNC(=O)c1ccccc1Cl. The molecule has 1 heterocycles. The molecule has 3 aromatic rings. The number of rotatable bonds is 7. The maximum Gasteiger partial charge on any atom is 0.253 e. The quantitative estimate of drug-likeness (QED) is 0.667. The lowest BCUT2D eigenvalue weighted by atomic mass is 10.2. The second-order valence-corrected chi connectivity index (χ2v) is 6.85. The van der Waals surface area contributed by atoms with E-state index in [9.17, 15) is 9.59 Å². The number of carbonyl (C=O) groups is 2. The normalized spacial score (nSPS) is 10.5. The molecule has 0 atom stereocenters. The van der Waals surface area contributed by atoms with Crippen molar-refractivity contribution in [1.29, 1.82) is 0 Å². The first kappa shape index (κ1) is 19.6. The fraction of sp³-hybridized carbons (Fsp3) is 0.190. The van der Waals surface area contributed by atoms with Gasteiger partial charge < -0.3 is 10.2 Å². The van der Waals surface area contributed by atoms with E-state index in [1.54, 1.807) is 42.4 Å². The first-order valence-corrected chi connectivity index (χ1v) is 9.22. The van der Waals surface area contributed by atoms with Gasteiger partial charge in [-0.25, -0.2) is 0 Å². The van der Waals surface area contributed by atoms with Crippen molar-refractivity contribution < 1.29 is 9.59 Å². The van der Waals surface area contributed by atoms with Gasteiger partial charge in [-0.2, -0.15) is 5.10 Å². The van der Waals surface area contributed by atoms with Crippen molar-refractivity contribution in [3.63, 3.8) is 0 Å². The molecule has 3 rings (SSSR count). The minimum Gasteiger partial charge on any atom is -0.343 e. The molecular formula is C21H21ClN4O2. The predicted octanol–water partition coefficient (Wildman–Crippen LogP) is 2.97. The topological polar surface area (TPSA) is 67.2 Å². The molecular weight excluding hydrogens is 376 g/mol. The van der Waals surface area contributed by atoms with Crippen LogP contribution >= 0.6 is 11.6 Å². The van der Waals surface area contributed by atoms with Gasteiger partial charge in [0, 0.05) is 25.4 Å². The van der Waals surface area contributed by atoms with Gasteiger partial charge in [0.2, 0.25) is 5.91 Å². The van der Waals surface area contributed by atoms with Crippen LogP contribution < -0.4 is 5.32 Å². The maximum absolute atomic E-state index is 12.3. The summed E-state index contributed by atoms with van der Waals surface area (Å²) in [6, 6.07) is 16.8. The summed E-state index contributed by atoms with van der Waals surface area (Å²) in [6.45, 7) is 0.987. The molecule has 2 aromatic carbocycles. The van der Waals surface area contributed by atoms with E-state index in [4.69, 9.17) is 11.6 Å². The van der Waals surface area contributed by atoms with Gasteiger partial charge in [0.1, 0.15) is 0 Å². The molecule has 1 aromatic heterocycles. The molecule has 0 saturated heterocycles. The standard InChI is InChI=1S/C21H21ClN4O2/c1-25(20(27)12-23-21(28)18-9-5-6-10-19(18)22)13-17-11-24-26(15-17)14-16-7-3-2-4-8-16/h2-11,15H,12-14H2,1H3,(H,23,28). The van der Waals surface area contributed by atoms with Crippen LogP contribution in [0.3, 0.4) is 0 Å². The van der Waals surface area contributed by atoms with Gasteiger partial charge in [-0.05, 0) is 17.7 Å². The Morgan fingerprint density at radius 2 is 1.79 bits per heavy atom. The first-order valence-electron chi connectivity index (χ1n) is 8.85. The number of amides is 2. The number of halogens is 1. The molecule has 0 unspecified atom stereocenters. The van der Waals surface area contributed by atoms with Gasteiger partial charge in [0.05, 0.1) is 29.9 Å². The van der Waals surface area contributed by atoms with E-state index >= 15 is 0 Å². The smallest absolute Gasteiger partial charge is 0.253 e. The lowest BCUT2D eigenvalue weighted by Crippen LogP contribution is -2.37. The average molecular weight is 397 g/mol. The molecule has 28 heavy (non-hydrogen) atoms.